The van der Waals surface area contributed by atoms with Crippen LogP contribution < -0.4 is 10.6 Å². The van der Waals surface area contributed by atoms with Crippen LogP contribution in [-0.2, 0) is 18.4 Å². The fourth-order valence-electron chi connectivity index (χ4n) is 2.31. The molecule has 0 radical (unpaired) electrons. The van der Waals surface area contributed by atoms with E-state index < -0.39 is 6.04 Å². The van der Waals surface area contributed by atoms with Crippen molar-refractivity contribution in [2.45, 2.75) is 19.5 Å². The number of rotatable bonds is 5. The van der Waals surface area contributed by atoms with Gasteiger partial charge in [-0.15, -0.1) is 0 Å². The molecule has 128 valence electrons. The van der Waals surface area contributed by atoms with Gasteiger partial charge in [0.15, 0.2) is 0 Å². The number of aromatic nitrogens is 2. The Morgan fingerprint density at radius 1 is 1.29 bits per heavy atom. The summed E-state index contributed by atoms with van der Waals surface area (Å²) >= 11 is 0. The highest BCUT2D eigenvalue weighted by Gasteiger charge is 2.16. The molecule has 2 rings (SSSR count). The van der Waals surface area contributed by atoms with E-state index in [1.54, 1.807) is 31.9 Å². The van der Waals surface area contributed by atoms with Gasteiger partial charge in [0.05, 0.1) is 6.20 Å². The van der Waals surface area contributed by atoms with Crippen LogP contribution in [0.2, 0.25) is 0 Å². The molecule has 0 saturated carbocycles. The molecule has 0 spiro atoms. The standard InChI is InChI=1S/C17H23N5O2/c1-12(16(23)21(2)3)20-17(24)18-9-13-6-5-7-14(8-13)15-10-19-22(4)11-15/h5-8,10-12H,9H2,1-4H3,(H2,18,20,24)/t12-/m0/s1. The van der Waals surface area contributed by atoms with Crippen molar-refractivity contribution in [2.75, 3.05) is 14.1 Å². The molecule has 2 N–H and O–H groups in total. The molecule has 1 atom stereocenters. The Kier molecular flexibility index (Phi) is 5.57. The number of aryl methyl sites for hydroxylation is 1. The zero-order valence-electron chi connectivity index (χ0n) is 14.4. The molecule has 0 bridgehead atoms. The van der Waals surface area contributed by atoms with E-state index in [1.807, 2.05) is 37.5 Å². The third-order valence-electron chi connectivity index (χ3n) is 3.58. The summed E-state index contributed by atoms with van der Waals surface area (Å²) in [5, 5.41) is 9.55. The maximum absolute atomic E-state index is 11.9. The molecule has 0 unspecified atom stereocenters. The van der Waals surface area contributed by atoms with Crippen molar-refractivity contribution in [3.8, 4) is 11.1 Å². The Hall–Kier alpha value is -2.83. The van der Waals surface area contributed by atoms with Crippen LogP contribution in [0.15, 0.2) is 36.7 Å². The van der Waals surface area contributed by atoms with E-state index in [9.17, 15) is 9.59 Å². The first-order valence-electron chi connectivity index (χ1n) is 7.70. The Bertz CT molecular complexity index is 723. The lowest BCUT2D eigenvalue weighted by Crippen LogP contribution is -2.47. The van der Waals surface area contributed by atoms with Gasteiger partial charge in [-0.25, -0.2) is 4.79 Å². The molecule has 0 fully saturated rings. The molecule has 24 heavy (non-hydrogen) atoms. The third kappa shape index (κ3) is 4.58. The molecule has 1 heterocycles. The van der Waals surface area contributed by atoms with Crippen LogP contribution >= 0.6 is 0 Å². The minimum atomic E-state index is -0.568. The number of nitrogens with zero attached hydrogens (tertiary/aromatic N) is 3. The molecule has 0 aliphatic heterocycles. The highest BCUT2D eigenvalue weighted by Crippen LogP contribution is 2.19. The number of hydrogen-bond donors (Lipinski definition) is 2. The Balaban J connectivity index is 1.92. The summed E-state index contributed by atoms with van der Waals surface area (Å²) in [6.07, 6.45) is 3.74. The van der Waals surface area contributed by atoms with Crippen molar-refractivity contribution in [3.63, 3.8) is 0 Å². The second-order valence-electron chi connectivity index (χ2n) is 5.88. The summed E-state index contributed by atoms with van der Waals surface area (Å²) in [5.74, 6) is -0.149. The molecular formula is C17H23N5O2. The first kappa shape index (κ1) is 17.5. The van der Waals surface area contributed by atoms with Gasteiger partial charge < -0.3 is 15.5 Å². The van der Waals surface area contributed by atoms with Gasteiger partial charge in [-0.1, -0.05) is 18.2 Å². The predicted molar refractivity (Wildman–Crippen MR) is 92.2 cm³/mol. The molecule has 0 aliphatic rings. The summed E-state index contributed by atoms with van der Waals surface area (Å²) in [4.78, 5) is 25.1. The van der Waals surface area contributed by atoms with Gasteiger partial charge in [0.25, 0.3) is 0 Å². The van der Waals surface area contributed by atoms with Crippen LogP contribution in [0.5, 0.6) is 0 Å². The summed E-state index contributed by atoms with van der Waals surface area (Å²) in [6, 6.07) is 6.94. The molecule has 2 aromatic rings. The van der Waals surface area contributed by atoms with E-state index in [-0.39, 0.29) is 11.9 Å². The lowest BCUT2D eigenvalue weighted by Gasteiger charge is -2.18. The normalized spacial score (nSPS) is 11.7. The quantitative estimate of drug-likeness (QED) is 0.869. The largest absolute Gasteiger partial charge is 0.347 e. The van der Waals surface area contributed by atoms with Crippen LogP contribution in [0.3, 0.4) is 0 Å². The van der Waals surface area contributed by atoms with Gasteiger partial charge in [0.1, 0.15) is 6.04 Å². The van der Waals surface area contributed by atoms with Crippen LogP contribution in [0.25, 0.3) is 11.1 Å². The smallest absolute Gasteiger partial charge is 0.315 e. The molecular weight excluding hydrogens is 306 g/mol. The zero-order chi connectivity index (χ0) is 17.7. The monoisotopic (exact) mass is 329 g/mol. The van der Waals surface area contributed by atoms with Crippen molar-refractivity contribution < 1.29 is 9.59 Å². The van der Waals surface area contributed by atoms with Gasteiger partial charge in [-0.05, 0) is 24.1 Å². The molecule has 1 aromatic heterocycles. The summed E-state index contributed by atoms with van der Waals surface area (Å²) < 4.78 is 1.75. The summed E-state index contributed by atoms with van der Waals surface area (Å²) in [7, 11) is 5.18. The van der Waals surface area contributed by atoms with Crippen LogP contribution in [0.4, 0.5) is 4.79 Å². The van der Waals surface area contributed by atoms with Crippen molar-refractivity contribution in [2.24, 2.45) is 7.05 Å². The zero-order valence-corrected chi connectivity index (χ0v) is 14.4. The number of hydrogen-bond acceptors (Lipinski definition) is 3. The Morgan fingerprint density at radius 2 is 2.04 bits per heavy atom. The number of amides is 3. The number of carbonyl (C=O) groups excluding carboxylic acids is 2. The van der Waals surface area contributed by atoms with E-state index in [0.717, 1.165) is 16.7 Å². The van der Waals surface area contributed by atoms with Crippen LogP contribution in [-0.4, -0.2) is 46.8 Å². The van der Waals surface area contributed by atoms with Crippen molar-refractivity contribution >= 4 is 11.9 Å². The molecule has 3 amide bonds. The van der Waals surface area contributed by atoms with E-state index in [2.05, 4.69) is 15.7 Å². The van der Waals surface area contributed by atoms with Gasteiger partial charge in [-0.3, -0.25) is 9.48 Å². The number of urea groups is 1. The molecule has 0 saturated heterocycles. The molecule has 7 heteroatoms. The first-order valence-corrected chi connectivity index (χ1v) is 7.70. The van der Waals surface area contributed by atoms with E-state index >= 15 is 0 Å². The number of carbonyl (C=O) groups is 2. The first-order chi connectivity index (χ1) is 11.4. The summed E-state index contributed by atoms with van der Waals surface area (Å²) in [6.45, 7) is 2.04. The van der Waals surface area contributed by atoms with E-state index in [1.165, 1.54) is 4.90 Å². The minimum Gasteiger partial charge on any atom is -0.347 e. The second-order valence-corrected chi connectivity index (χ2v) is 5.88. The lowest BCUT2D eigenvalue weighted by atomic mass is 10.1. The van der Waals surface area contributed by atoms with E-state index in [0.29, 0.717) is 6.54 Å². The average molecular weight is 329 g/mol. The molecule has 0 aliphatic carbocycles. The summed E-state index contributed by atoms with van der Waals surface area (Å²) in [5.41, 5.74) is 3.03. The van der Waals surface area contributed by atoms with Gasteiger partial charge in [-0.2, -0.15) is 5.10 Å². The average Bonchev–Trinajstić information content (AvgIpc) is 2.99. The fourth-order valence-corrected chi connectivity index (χ4v) is 2.31. The number of nitrogens with one attached hydrogen (secondary N) is 2. The maximum Gasteiger partial charge on any atom is 0.315 e. The Morgan fingerprint density at radius 3 is 2.67 bits per heavy atom. The van der Waals surface area contributed by atoms with Crippen molar-refractivity contribution in [1.82, 2.24) is 25.3 Å². The fraction of sp³-hybridized carbons (Fsp3) is 0.353. The SMILES string of the molecule is C[C@H](NC(=O)NCc1cccc(-c2cnn(C)c2)c1)C(=O)N(C)C. The maximum atomic E-state index is 11.9. The minimum absolute atomic E-state index is 0.149. The highest BCUT2D eigenvalue weighted by atomic mass is 16.2. The lowest BCUT2D eigenvalue weighted by molar-refractivity contribution is -0.130. The van der Waals surface area contributed by atoms with Gasteiger partial charge in [0.2, 0.25) is 5.91 Å². The van der Waals surface area contributed by atoms with E-state index in [4.69, 9.17) is 0 Å². The number of likely N-dealkylation sites (N-methyl/N-ethyl adjacent to an activating group) is 1. The third-order valence-corrected chi connectivity index (χ3v) is 3.58. The topological polar surface area (TPSA) is 79.3 Å². The van der Waals surface area contributed by atoms with Gasteiger partial charge >= 0.3 is 6.03 Å². The van der Waals surface area contributed by atoms with Crippen molar-refractivity contribution in [1.29, 1.82) is 0 Å². The van der Waals surface area contributed by atoms with Crippen LogP contribution in [0.1, 0.15) is 12.5 Å². The molecule has 1 aromatic carbocycles. The molecule has 7 nitrogen and oxygen atoms in total. The van der Waals surface area contributed by atoms with Crippen LogP contribution in [0, 0.1) is 0 Å². The second kappa shape index (κ2) is 7.63. The Labute approximate surface area is 141 Å². The van der Waals surface area contributed by atoms with Crippen molar-refractivity contribution in [3.05, 3.63) is 42.2 Å². The van der Waals surface area contributed by atoms with Gasteiger partial charge in [0, 0.05) is 39.4 Å². The number of benzene rings is 1. The predicted octanol–water partition coefficient (Wildman–Crippen LogP) is 1.36. The highest BCUT2D eigenvalue weighted by molar-refractivity contribution is 5.86.